The van der Waals surface area contributed by atoms with Gasteiger partial charge in [0.05, 0.1) is 17.6 Å². The SMILES string of the molecule is COc1c(C(=O)NC2CCCNC2C)cccc1[N+](=O)[O-]. The van der Waals surface area contributed by atoms with Crippen molar-refractivity contribution >= 4 is 11.6 Å². The number of hydrogen-bond acceptors (Lipinski definition) is 5. The molecule has 7 nitrogen and oxygen atoms in total. The number of nitro groups is 1. The standard InChI is InChI=1S/C14H19N3O4/c1-9-11(6-4-8-15-9)16-14(18)10-5-3-7-12(17(19)20)13(10)21-2/h3,5,7,9,11,15H,4,6,8H2,1-2H3,(H,16,18). The lowest BCUT2D eigenvalue weighted by molar-refractivity contribution is -0.385. The normalized spacial score (nSPS) is 21.6. The molecule has 1 heterocycles. The first-order chi connectivity index (χ1) is 10.0. The average molecular weight is 293 g/mol. The van der Waals surface area contributed by atoms with Gasteiger partial charge >= 0.3 is 5.69 Å². The predicted molar refractivity (Wildman–Crippen MR) is 77.6 cm³/mol. The fourth-order valence-electron chi connectivity index (χ4n) is 2.55. The van der Waals surface area contributed by atoms with Gasteiger partial charge in [0.15, 0.2) is 0 Å². The van der Waals surface area contributed by atoms with Crippen LogP contribution in [0.2, 0.25) is 0 Å². The van der Waals surface area contributed by atoms with Gasteiger partial charge in [-0.25, -0.2) is 0 Å². The predicted octanol–water partition coefficient (Wildman–Crippen LogP) is 1.47. The molecule has 1 aliphatic rings. The topological polar surface area (TPSA) is 93.5 Å². The maximum absolute atomic E-state index is 12.4. The summed E-state index contributed by atoms with van der Waals surface area (Å²) in [6.45, 7) is 2.95. The highest BCUT2D eigenvalue weighted by atomic mass is 16.6. The zero-order valence-corrected chi connectivity index (χ0v) is 12.1. The van der Waals surface area contributed by atoms with E-state index in [1.54, 1.807) is 0 Å². The molecule has 2 atom stereocenters. The molecule has 114 valence electrons. The number of benzene rings is 1. The molecule has 2 N–H and O–H groups in total. The number of piperidine rings is 1. The third kappa shape index (κ3) is 3.30. The molecule has 2 unspecified atom stereocenters. The van der Waals surface area contributed by atoms with E-state index < -0.39 is 4.92 Å². The molecule has 1 fully saturated rings. The van der Waals surface area contributed by atoms with Crippen molar-refractivity contribution in [2.45, 2.75) is 31.8 Å². The van der Waals surface area contributed by atoms with Crippen molar-refractivity contribution < 1.29 is 14.5 Å². The number of methoxy groups -OCH3 is 1. The summed E-state index contributed by atoms with van der Waals surface area (Å²) in [6.07, 6.45) is 1.87. The molecule has 0 spiro atoms. The summed E-state index contributed by atoms with van der Waals surface area (Å²) in [5, 5.41) is 17.2. The van der Waals surface area contributed by atoms with Crippen molar-refractivity contribution in [1.82, 2.24) is 10.6 Å². The minimum Gasteiger partial charge on any atom is -0.490 e. The Morgan fingerprint density at radius 2 is 2.29 bits per heavy atom. The summed E-state index contributed by atoms with van der Waals surface area (Å²) in [5.41, 5.74) is -0.0237. The van der Waals surface area contributed by atoms with E-state index in [2.05, 4.69) is 10.6 Å². The Morgan fingerprint density at radius 3 is 2.90 bits per heavy atom. The number of carbonyl (C=O) groups is 1. The Hall–Kier alpha value is -2.15. The lowest BCUT2D eigenvalue weighted by atomic mass is 9.99. The van der Waals surface area contributed by atoms with Gasteiger partial charge in [0, 0.05) is 18.2 Å². The third-order valence-electron chi connectivity index (χ3n) is 3.72. The van der Waals surface area contributed by atoms with E-state index in [0.29, 0.717) is 0 Å². The van der Waals surface area contributed by atoms with Gasteiger partial charge in [-0.15, -0.1) is 0 Å². The van der Waals surface area contributed by atoms with E-state index >= 15 is 0 Å². The van der Waals surface area contributed by atoms with Crippen molar-refractivity contribution in [3.8, 4) is 5.75 Å². The first-order valence-electron chi connectivity index (χ1n) is 6.90. The molecule has 1 saturated heterocycles. The second-order valence-corrected chi connectivity index (χ2v) is 5.08. The van der Waals surface area contributed by atoms with Gasteiger partial charge in [0.25, 0.3) is 5.91 Å². The summed E-state index contributed by atoms with van der Waals surface area (Å²) in [6, 6.07) is 4.52. The fourth-order valence-corrected chi connectivity index (χ4v) is 2.55. The van der Waals surface area contributed by atoms with Crippen LogP contribution in [0, 0.1) is 10.1 Å². The number of para-hydroxylation sites is 1. The number of rotatable bonds is 4. The zero-order valence-electron chi connectivity index (χ0n) is 12.1. The monoisotopic (exact) mass is 293 g/mol. The van der Waals surface area contributed by atoms with Crippen LogP contribution >= 0.6 is 0 Å². The summed E-state index contributed by atoms with van der Waals surface area (Å²) < 4.78 is 5.06. The molecular formula is C14H19N3O4. The van der Waals surface area contributed by atoms with Gasteiger partial charge in [-0.05, 0) is 32.4 Å². The van der Waals surface area contributed by atoms with Crippen LogP contribution in [0.1, 0.15) is 30.1 Å². The highest BCUT2D eigenvalue weighted by Crippen LogP contribution is 2.30. The Kier molecular flexibility index (Phi) is 4.74. The van der Waals surface area contributed by atoms with E-state index in [9.17, 15) is 14.9 Å². The fraction of sp³-hybridized carbons (Fsp3) is 0.500. The highest BCUT2D eigenvalue weighted by Gasteiger charge is 2.27. The molecule has 1 amide bonds. The van der Waals surface area contributed by atoms with Crippen molar-refractivity contribution in [3.63, 3.8) is 0 Å². The van der Waals surface area contributed by atoms with Crippen molar-refractivity contribution in [1.29, 1.82) is 0 Å². The van der Waals surface area contributed by atoms with Crippen LogP contribution in [0.15, 0.2) is 18.2 Å². The number of hydrogen-bond donors (Lipinski definition) is 2. The smallest absolute Gasteiger partial charge is 0.311 e. The van der Waals surface area contributed by atoms with Gasteiger partial charge in [-0.1, -0.05) is 6.07 Å². The van der Waals surface area contributed by atoms with E-state index in [1.807, 2.05) is 6.92 Å². The van der Waals surface area contributed by atoms with Gasteiger partial charge in [-0.3, -0.25) is 14.9 Å². The van der Waals surface area contributed by atoms with Crippen LogP contribution in [0.25, 0.3) is 0 Å². The first-order valence-corrected chi connectivity index (χ1v) is 6.90. The summed E-state index contributed by atoms with van der Waals surface area (Å²) in [5.74, 6) is -0.354. The zero-order chi connectivity index (χ0) is 15.4. The molecular weight excluding hydrogens is 274 g/mol. The molecule has 2 rings (SSSR count). The summed E-state index contributed by atoms with van der Waals surface area (Å²) >= 11 is 0. The Labute approximate surface area is 122 Å². The van der Waals surface area contributed by atoms with Crippen LogP contribution in [-0.4, -0.2) is 36.6 Å². The molecule has 7 heteroatoms. The number of nitro benzene ring substituents is 1. The van der Waals surface area contributed by atoms with E-state index in [0.717, 1.165) is 19.4 Å². The lowest BCUT2D eigenvalue weighted by Crippen LogP contribution is -2.51. The second kappa shape index (κ2) is 6.53. The number of ether oxygens (including phenoxy) is 1. The van der Waals surface area contributed by atoms with Crippen LogP contribution in [0.3, 0.4) is 0 Å². The highest BCUT2D eigenvalue weighted by molar-refractivity contribution is 5.98. The van der Waals surface area contributed by atoms with Gasteiger partial charge < -0.3 is 15.4 Å². The first kappa shape index (κ1) is 15.2. The maximum atomic E-state index is 12.4. The van der Waals surface area contributed by atoms with Crippen LogP contribution < -0.4 is 15.4 Å². The van der Waals surface area contributed by atoms with E-state index in [4.69, 9.17) is 4.74 Å². The largest absolute Gasteiger partial charge is 0.490 e. The summed E-state index contributed by atoms with van der Waals surface area (Å²) in [4.78, 5) is 22.8. The van der Waals surface area contributed by atoms with Crippen molar-refractivity contribution in [3.05, 3.63) is 33.9 Å². The maximum Gasteiger partial charge on any atom is 0.311 e. The quantitative estimate of drug-likeness (QED) is 0.647. The van der Waals surface area contributed by atoms with Crippen molar-refractivity contribution in [2.24, 2.45) is 0 Å². The Balaban J connectivity index is 2.22. The molecule has 0 bridgehead atoms. The number of nitrogens with one attached hydrogen (secondary N) is 2. The molecule has 1 aromatic carbocycles. The molecule has 1 aliphatic heterocycles. The molecule has 0 saturated carbocycles. The minimum absolute atomic E-state index is 0.00331. The molecule has 0 radical (unpaired) electrons. The summed E-state index contributed by atoms with van der Waals surface area (Å²) in [7, 11) is 1.32. The van der Waals surface area contributed by atoms with E-state index in [1.165, 1.54) is 25.3 Å². The number of carbonyl (C=O) groups excluding carboxylic acids is 1. The number of nitrogens with zero attached hydrogens (tertiary/aromatic N) is 1. The molecule has 0 aliphatic carbocycles. The van der Waals surface area contributed by atoms with E-state index in [-0.39, 0.29) is 35.0 Å². The van der Waals surface area contributed by atoms with Crippen LogP contribution in [-0.2, 0) is 0 Å². The van der Waals surface area contributed by atoms with Gasteiger partial charge in [0.2, 0.25) is 5.75 Å². The van der Waals surface area contributed by atoms with Gasteiger partial charge in [-0.2, -0.15) is 0 Å². The minimum atomic E-state index is -0.555. The third-order valence-corrected chi connectivity index (χ3v) is 3.72. The molecule has 0 aromatic heterocycles. The Morgan fingerprint density at radius 1 is 1.52 bits per heavy atom. The second-order valence-electron chi connectivity index (χ2n) is 5.08. The average Bonchev–Trinajstić information content (AvgIpc) is 2.48. The van der Waals surface area contributed by atoms with Crippen LogP contribution in [0.4, 0.5) is 5.69 Å². The number of amides is 1. The molecule has 1 aromatic rings. The van der Waals surface area contributed by atoms with Crippen molar-refractivity contribution in [2.75, 3.05) is 13.7 Å². The molecule has 21 heavy (non-hydrogen) atoms. The van der Waals surface area contributed by atoms with Gasteiger partial charge in [0.1, 0.15) is 0 Å². The van der Waals surface area contributed by atoms with Crippen LogP contribution in [0.5, 0.6) is 5.75 Å². The Bertz CT molecular complexity index is 547. The lowest BCUT2D eigenvalue weighted by Gasteiger charge is -2.30.